The number of carbonyl (C=O) groups excluding carboxylic acids is 2. The lowest BCUT2D eigenvalue weighted by atomic mass is 9.99. The molecule has 0 saturated carbocycles. The van der Waals surface area contributed by atoms with Crippen molar-refractivity contribution in [1.82, 2.24) is 10.2 Å². The summed E-state index contributed by atoms with van der Waals surface area (Å²) in [6, 6.07) is 16.9. The van der Waals surface area contributed by atoms with E-state index in [0.717, 1.165) is 16.3 Å². The number of amides is 3. The van der Waals surface area contributed by atoms with Gasteiger partial charge in [0.15, 0.2) is 5.54 Å². The fourth-order valence-corrected chi connectivity index (χ4v) is 3.31. The number of furan rings is 1. The molecule has 1 fully saturated rings. The number of aryl methyl sites for hydroxylation is 1. The van der Waals surface area contributed by atoms with Crippen molar-refractivity contribution in [2.45, 2.75) is 25.9 Å². The Morgan fingerprint density at radius 2 is 1.80 bits per heavy atom. The van der Waals surface area contributed by atoms with E-state index in [1.165, 1.54) is 4.90 Å². The smallest absolute Gasteiger partial charge is 0.325 e. The average molecular weight is 334 g/mol. The summed E-state index contributed by atoms with van der Waals surface area (Å²) in [5.74, 6) is 0.842. The summed E-state index contributed by atoms with van der Waals surface area (Å²) < 4.78 is 5.60. The first-order valence-corrected chi connectivity index (χ1v) is 8.17. The number of urea groups is 1. The first-order chi connectivity index (χ1) is 12.0. The largest absolute Gasteiger partial charge is 0.463 e. The minimum Gasteiger partial charge on any atom is -0.463 e. The minimum absolute atomic E-state index is 0.224. The molecule has 0 aliphatic carbocycles. The molecule has 0 radical (unpaired) electrons. The van der Waals surface area contributed by atoms with Crippen LogP contribution in [-0.2, 0) is 16.9 Å². The van der Waals surface area contributed by atoms with Crippen LogP contribution in [0.25, 0.3) is 10.8 Å². The normalized spacial score (nSPS) is 20.3. The lowest BCUT2D eigenvalue weighted by Gasteiger charge is -2.19. The summed E-state index contributed by atoms with van der Waals surface area (Å²) in [4.78, 5) is 26.7. The topological polar surface area (TPSA) is 62.6 Å². The van der Waals surface area contributed by atoms with E-state index in [0.29, 0.717) is 11.5 Å². The van der Waals surface area contributed by atoms with Gasteiger partial charge in [-0.1, -0.05) is 42.5 Å². The number of carbonyl (C=O) groups is 2. The van der Waals surface area contributed by atoms with Crippen molar-refractivity contribution in [3.8, 4) is 0 Å². The summed E-state index contributed by atoms with van der Waals surface area (Å²) in [5, 5.41) is 4.89. The van der Waals surface area contributed by atoms with Gasteiger partial charge in [-0.2, -0.15) is 0 Å². The zero-order valence-electron chi connectivity index (χ0n) is 14.1. The van der Waals surface area contributed by atoms with Crippen molar-refractivity contribution in [3.05, 3.63) is 71.7 Å². The van der Waals surface area contributed by atoms with Gasteiger partial charge in [0.05, 0.1) is 6.54 Å². The van der Waals surface area contributed by atoms with Crippen LogP contribution >= 0.6 is 0 Å². The minimum atomic E-state index is -1.17. The van der Waals surface area contributed by atoms with Crippen molar-refractivity contribution in [1.29, 1.82) is 0 Å². The Kier molecular flexibility index (Phi) is 3.39. The van der Waals surface area contributed by atoms with Crippen molar-refractivity contribution >= 4 is 22.7 Å². The third kappa shape index (κ3) is 2.39. The molecule has 0 spiro atoms. The second-order valence-electron chi connectivity index (χ2n) is 6.50. The fourth-order valence-electron chi connectivity index (χ4n) is 3.31. The van der Waals surface area contributed by atoms with E-state index in [1.807, 2.05) is 49.4 Å². The molecule has 3 amide bonds. The molecule has 1 aliphatic heterocycles. The van der Waals surface area contributed by atoms with Crippen LogP contribution in [0.2, 0.25) is 0 Å². The van der Waals surface area contributed by atoms with Crippen molar-refractivity contribution in [2.75, 3.05) is 0 Å². The van der Waals surface area contributed by atoms with Gasteiger partial charge in [-0.25, -0.2) is 4.79 Å². The Morgan fingerprint density at radius 3 is 2.56 bits per heavy atom. The highest BCUT2D eigenvalue weighted by Crippen LogP contribution is 2.31. The summed E-state index contributed by atoms with van der Waals surface area (Å²) in [7, 11) is 0. The Labute approximate surface area is 145 Å². The molecule has 1 atom stereocenters. The summed E-state index contributed by atoms with van der Waals surface area (Å²) in [5.41, 5.74) is -0.239. The maximum Gasteiger partial charge on any atom is 0.325 e. The molecule has 1 aliphatic rings. The molecule has 1 unspecified atom stereocenters. The molecule has 1 saturated heterocycles. The van der Waals surface area contributed by atoms with E-state index in [4.69, 9.17) is 4.42 Å². The predicted molar refractivity (Wildman–Crippen MR) is 93.8 cm³/mol. The molecule has 1 N–H and O–H groups in total. The third-order valence-electron chi connectivity index (χ3n) is 4.72. The molecule has 2 aromatic carbocycles. The highest BCUT2D eigenvalue weighted by molar-refractivity contribution is 6.07. The van der Waals surface area contributed by atoms with Gasteiger partial charge in [0.1, 0.15) is 11.5 Å². The van der Waals surface area contributed by atoms with E-state index in [-0.39, 0.29) is 12.5 Å². The predicted octanol–water partition coefficient (Wildman–Crippen LogP) is 3.71. The fraction of sp³-hybridized carbons (Fsp3) is 0.200. The Balaban J connectivity index is 1.69. The number of imide groups is 1. The monoisotopic (exact) mass is 334 g/mol. The molecule has 0 bridgehead atoms. The summed E-state index contributed by atoms with van der Waals surface area (Å²) in [6.07, 6.45) is 0. The molecule has 1 aromatic heterocycles. The Morgan fingerprint density at radius 1 is 1.04 bits per heavy atom. The van der Waals surface area contributed by atoms with E-state index in [1.54, 1.807) is 19.1 Å². The third-order valence-corrected chi connectivity index (χ3v) is 4.72. The highest BCUT2D eigenvalue weighted by Gasteiger charge is 2.51. The molecule has 5 heteroatoms. The number of benzene rings is 2. The lowest BCUT2D eigenvalue weighted by molar-refractivity contribution is -0.132. The standard InChI is InChI=1S/C20H18N2O3/c1-13-10-11-17(25-13)20(2)18(23)22(19(24)21-20)12-15-8-5-7-14-6-3-4-9-16(14)15/h3-11H,12H2,1-2H3,(H,21,24). The quantitative estimate of drug-likeness (QED) is 0.743. The molecular formula is C20H18N2O3. The molecule has 5 nitrogen and oxygen atoms in total. The number of hydrogen-bond donors (Lipinski definition) is 1. The number of rotatable bonds is 3. The van der Waals surface area contributed by atoms with Crippen LogP contribution in [0.5, 0.6) is 0 Å². The van der Waals surface area contributed by atoms with Gasteiger partial charge >= 0.3 is 6.03 Å². The van der Waals surface area contributed by atoms with Crippen LogP contribution in [0.4, 0.5) is 4.79 Å². The maximum atomic E-state index is 13.0. The first-order valence-electron chi connectivity index (χ1n) is 8.17. The second-order valence-corrected chi connectivity index (χ2v) is 6.50. The lowest BCUT2D eigenvalue weighted by Crippen LogP contribution is -2.40. The second kappa shape index (κ2) is 5.48. The zero-order valence-corrected chi connectivity index (χ0v) is 14.1. The van der Waals surface area contributed by atoms with Gasteiger partial charge in [0.2, 0.25) is 0 Å². The number of nitrogens with one attached hydrogen (secondary N) is 1. The maximum absolute atomic E-state index is 13.0. The average Bonchev–Trinajstić information content (AvgIpc) is 3.13. The van der Waals surface area contributed by atoms with Gasteiger partial charge < -0.3 is 9.73 Å². The van der Waals surface area contributed by atoms with E-state index < -0.39 is 11.6 Å². The van der Waals surface area contributed by atoms with Gasteiger partial charge in [-0.05, 0) is 42.3 Å². The van der Waals surface area contributed by atoms with Crippen molar-refractivity contribution < 1.29 is 14.0 Å². The van der Waals surface area contributed by atoms with Crippen LogP contribution < -0.4 is 5.32 Å². The number of fused-ring (bicyclic) bond motifs is 1. The van der Waals surface area contributed by atoms with Crippen LogP contribution in [0.3, 0.4) is 0 Å². The van der Waals surface area contributed by atoms with Crippen molar-refractivity contribution in [2.24, 2.45) is 0 Å². The van der Waals surface area contributed by atoms with Crippen LogP contribution in [0.1, 0.15) is 24.0 Å². The SMILES string of the molecule is Cc1ccc(C2(C)NC(=O)N(Cc3cccc4ccccc34)C2=O)o1. The molecular weight excluding hydrogens is 316 g/mol. The van der Waals surface area contributed by atoms with Crippen LogP contribution in [0, 0.1) is 6.92 Å². The van der Waals surface area contributed by atoms with E-state index in [9.17, 15) is 9.59 Å². The number of hydrogen-bond acceptors (Lipinski definition) is 3. The summed E-state index contributed by atoms with van der Waals surface area (Å²) in [6.45, 7) is 3.71. The van der Waals surface area contributed by atoms with Gasteiger partial charge in [-0.15, -0.1) is 0 Å². The highest BCUT2D eigenvalue weighted by atomic mass is 16.3. The van der Waals surface area contributed by atoms with Crippen molar-refractivity contribution in [3.63, 3.8) is 0 Å². The molecule has 4 rings (SSSR count). The Hall–Kier alpha value is -3.08. The molecule has 25 heavy (non-hydrogen) atoms. The Bertz CT molecular complexity index is 986. The number of nitrogens with zero attached hydrogens (tertiary/aromatic N) is 1. The molecule has 2 heterocycles. The van der Waals surface area contributed by atoms with E-state index in [2.05, 4.69) is 5.32 Å². The van der Waals surface area contributed by atoms with E-state index >= 15 is 0 Å². The van der Waals surface area contributed by atoms with Gasteiger partial charge in [-0.3, -0.25) is 9.69 Å². The first kappa shape index (κ1) is 15.4. The van der Waals surface area contributed by atoms with Gasteiger partial charge in [0, 0.05) is 0 Å². The van der Waals surface area contributed by atoms with Crippen LogP contribution in [0.15, 0.2) is 59.0 Å². The van der Waals surface area contributed by atoms with Crippen LogP contribution in [-0.4, -0.2) is 16.8 Å². The van der Waals surface area contributed by atoms with Gasteiger partial charge in [0.25, 0.3) is 5.91 Å². The zero-order chi connectivity index (χ0) is 17.6. The summed E-state index contributed by atoms with van der Waals surface area (Å²) >= 11 is 0. The molecule has 126 valence electrons. The molecule has 3 aromatic rings.